The van der Waals surface area contributed by atoms with Crippen molar-refractivity contribution in [1.29, 1.82) is 0 Å². The fraction of sp³-hybridized carbons (Fsp3) is 0.115. The van der Waals surface area contributed by atoms with E-state index in [2.05, 4.69) is 28.6 Å². The number of furan rings is 1. The van der Waals surface area contributed by atoms with E-state index in [9.17, 15) is 4.79 Å². The SMILES string of the molecule is Cc1cc(C)c2oc(Cc3ccc(NC(=S)NC(=O)c4cc5ccccc5o4)cc3)nc2c1. The van der Waals surface area contributed by atoms with Gasteiger partial charge in [-0.1, -0.05) is 36.4 Å². The lowest BCUT2D eigenvalue weighted by molar-refractivity contribution is 0.0953. The number of para-hydroxylation sites is 1. The average molecular weight is 456 g/mol. The summed E-state index contributed by atoms with van der Waals surface area (Å²) in [6.07, 6.45) is 0.584. The third-order valence-electron chi connectivity index (χ3n) is 5.31. The predicted molar refractivity (Wildman–Crippen MR) is 133 cm³/mol. The van der Waals surface area contributed by atoms with Gasteiger partial charge in [-0.25, -0.2) is 4.98 Å². The third kappa shape index (κ3) is 4.49. The molecule has 164 valence electrons. The third-order valence-corrected chi connectivity index (χ3v) is 5.51. The Morgan fingerprint density at radius 1 is 1.00 bits per heavy atom. The first-order chi connectivity index (χ1) is 15.9. The summed E-state index contributed by atoms with van der Waals surface area (Å²) in [5.41, 5.74) is 6.43. The lowest BCUT2D eigenvalue weighted by Crippen LogP contribution is -2.33. The van der Waals surface area contributed by atoms with Gasteiger partial charge in [-0.2, -0.15) is 0 Å². The van der Waals surface area contributed by atoms with E-state index in [1.165, 1.54) is 5.56 Å². The topological polar surface area (TPSA) is 80.3 Å². The molecule has 0 fully saturated rings. The first kappa shape index (κ1) is 20.9. The van der Waals surface area contributed by atoms with Crippen LogP contribution < -0.4 is 10.6 Å². The Morgan fingerprint density at radius 3 is 2.58 bits per heavy atom. The molecule has 5 aromatic rings. The van der Waals surface area contributed by atoms with Crippen LogP contribution in [-0.4, -0.2) is 16.0 Å². The van der Waals surface area contributed by atoms with Crippen LogP contribution in [0.5, 0.6) is 0 Å². The van der Waals surface area contributed by atoms with Gasteiger partial charge < -0.3 is 14.2 Å². The van der Waals surface area contributed by atoms with Crippen LogP contribution in [0.1, 0.15) is 33.1 Å². The van der Waals surface area contributed by atoms with Gasteiger partial charge in [0.15, 0.2) is 22.3 Å². The van der Waals surface area contributed by atoms with E-state index in [-0.39, 0.29) is 10.9 Å². The van der Waals surface area contributed by atoms with E-state index in [0.29, 0.717) is 17.9 Å². The number of hydrogen-bond donors (Lipinski definition) is 2. The zero-order chi connectivity index (χ0) is 22.9. The highest BCUT2D eigenvalue weighted by Crippen LogP contribution is 2.23. The quantitative estimate of drug-likeness (QED) is 0.328. The molecule has 2 aromatic heterocycles. The fourth-order valence-corrected chi connectivity index (χ4v) is 4.01. The Bertz CT molecular complexity index is 1470. The standard InChI is InChI=1S/C26H21N3O3S/c1-15-11-16(2)24-20(12-15)28-23(32-24)13-17-7-9-19(10-8-17)27-26(33)29-25(30)22-14-18-5-3-4-6-21(18)31-22/h3-12,14H,13H2,1-2H3,(H2,27,29,30,33). The van der Waals surface area contributed by atoms with Crippen molar-refractivity contribution in [2.45, 2.75) is 20.3 Å². The largest absolute Gasteiger partial charge is 0.451 e. The summed E-state index contributed by atoms with van der Waals surface area (Å²) < 4.78 is 11.5. The van der Waals surface area contributed by atoms with Gasteiger partial charge in [-0.15, -0.1) is 0 Å². The number of nitrogens with one attached hydrogen (secondary N) is 2. The van der Waals surface area contributed by atoms with Gasteiger partial charge in [0.2, 0.25) is 0 Å². The number of nitrogens with zero attached hydrogens (tertiary/aromatic N) is 1. The molecule has 2 N–H and O–H groups in total. The molecule has 0 atom stereocenters. The second-order valence-electron chi connectivity index (χ2n) is 7.97. The number of anilines is 1. The number of thiocarbonyl (C=S) groups is 1. The number of rotatable bonds is 4. The van der Waals surface area contributed by atoms with Crippen molar-refractivity contribution >= 4 is 51.0 Å². The highest BCUT2D eigenvalue weighted by Gasteiger charge is 2.14. The molecule has 6 nitrogen and oxygen atoms in total. The highest BCUT2D eigenvalue weighted by atomic mass is 32.1. The summed E-state index contributed by atoms with van der Waals surface area (Å²) in [6.45, 7) is 4.08. The smallest absolute Gasteiger partial charge is 0.293 e. The van der Waals surface area contributed by atoms with Crippen LogP contribution in [0.4, 0.5) is 5.69 Å². The van der Waals surface area contributed by atoms with Crippen molar-refractivity contribution < 1.29 is 13.6 Å². The zero-order valence-corrected chi connectivity index (χ0v) is 19.0. The van der Waals surface area contributed by atoms with Crippen molar-refractivity contribution in [2.24, 2.45) is 0 Å². The maximum Gasteiger partial charge on any atom is 0.293 e. The van der Waals surface area contributed by atoms with Crippen LogP contribution in [-0.2, 0) is 6.42 Å². The number of aryl methyl sites for hydroxylation is 2. The molecule has 0 saturated heterocycles. The van der Waals surface area contributed by atoms with E-state index >= 15 is 0 Å². The molecule has 0 aliphatic rings. The van der Waals surface area contributed by atoms with Crippen molar-refractivity contribution in [3.05, 3.63) is 95.1 Å². The van der Waals surface area contributed by atoms with Gasteiger partial charge in [0.1, 0.15) is 11.1 Å². The Balaban J connectivity index is 1.22. The van der Waals surface area contributed by atoms with Crippen LogP contribution in [0.3, 0.4) is 0 Å². The van der Waals surface area contributed by atoms with E-state index in [1.54, 1.807) is 6.07 Å². The minimum absolute atomic E-state index is 0.193. The molecule has 1 amide bonds. The molecule has 0 unspecified atom stereocenters. The van der Waals surface area contributed by atoms with E-state index < -0.39 is 5.91 Å². The highest BCUT2D eigenvalue weighted by molar-refractivity contribution is 7.80. The molecule has 0 aliphatic carbocycles. The number of carbonyl (C=O) groups excluding carboxylic acids is 1. The molecule has 0 saturated carbocycles. The van der Waals surface area contributed by atoms with E-state index in [4.69, 9.17) is 21.1 Å². The summed E-state index contributed by atoms with van der Waals surface area (Å²) in [4.78, 5) is 17.1. The molecule has 7 heteroatoms. The minimum Gasteiger partial charge on any atom is -0.451 e. The first-order valence-corrected chi connectivity index (χ1v) is 10.9. The van der Waals surface area contributed by atoms with Crippen LogP contribution in [0, 0.1) is 13.8 Å². The van der Waals surface area contributed by atoms with Crippen LogP contribution >= 0.6 is 12.2 Å². The lowest BCUT2D eigenvalue weighted by atomic mass is 10.1. The van der Waals surface area contributed by atoms with Crippen LogP contribution in [0.15, 0.2) is 75.6 Å². The maximum atomic E-state index is 12.4. The molecule has 0 radical (unpaired) electrons. The second kappa shape index (κ2) is 8.52. The molecule has 2 heterocycles. The zero-order valence-electron chi connectivity index (χ0n) is 18.1. The number of amides is 1. The number of oxazole rings is 1. The van der Waals surface area contributed by atoms with Crippen LogP contribution in [0.2, 0.25) is 0 Å². The minimum atomic E-state index is -0.401. The predicted octanol–water partition coefficient (Wildman–Crippen LogP) is 5.91. The number of aromatic nitrogens is 1. The van der Waals surface area contributed by atoms with E-state index in [0.717, 1.165) is 33.3 Å². The number of hydrogen-bond acceptors (Lipinski definition) is 5. The summed E-state index contributed by atoms with van der Waals surface area (Å²) in [5, 5.41) is 6.72. The molecule has 0 spiro atoms. The van der Waals surface area contributed by atoms with Crippen molar-refractivity contribution in [1.82, 2.24) is 10.3 Å². The van der Waals surface area contributed by atoms with E-state index in [1.807, 2.05) is 61.5 Å². The number of carbonyl (C=O) groups is 1. The molecule has 0 bridgehead atoms. The summed E-state index contributed by atoms with van der Waals surface area (Å²) >= 11 is 5.28. The Morgan fingerprint density at radius 2 is 1.79 bits per heavy atom. The molecular weight excluding hydrogens is 434 g/mol. The monoisotopic (exact) mass is 455 g/mol. The lowest BCUT2D eigenvalue weighted by Gasteiger charge is -2.09. The second-order valence-corrected chi connectivity index (χ2v) is 8.38. The molecule has 3 aromatic carbocycles. The Kier molecular flexibility index (Phi) is 5.40. The first-order valence-electron chi connectivity index (χ1n) is 10.5. The Hall–Kier alpha value is -3.97. The van der Waals surface area contributed by atoms with Crippen molar-refractivity contribution in [3.8, 4) is 0 Å². The van der Waals surface area contributed by atoms with Crippen molar-refractivity contribution in [3.63, 3.8) is 0 Å². The van der Waals surface area contributed by atoms with Gasteiger partial charge in [-0.3, -0.25) is 10.1 Å². The number of benzene rings is 3. The molecule has 5 rings (SSSR count). The van der Waals surface area contributed by atoms with Gasteiger partial charge in [-0.05, 0) is 73.1 Å². The Labute approximate surface area is 195 Å². The molecule has 0 aliphatic heterocycles. The van der Waals surface area contributed by atoms with Gasteiger partial charge >= 0.3 is 0 Å². The number of fused-ring (bicyclic) bond motifs is 2. The maximum absolute atomic E-state index is 12.4. The normalized spacial score (nSPS) is 11.1. The summed E-state index contributed by atoms with van der Waals surface area (Å²) in [6, 6.07) is 21.0. The van der Waals surface area contributed by atoms with Gasteiger partial charge in [0.25, 0.3) is 5.91 Å². The summed E-state index contributed by atoms with van der Waals surface area (Å²) in [7, 11) is 0. The summed E-state index contributed by atoms with van der Waals surface area (Å²) in [5.74, 6) is 0.481. The van der Waals surface area contributed by atoms with Gasteiger partial charge in [0, 0.05) is 17.5 Å². The van der Waals surface area contributed by atoms with Gasteiger partial charge in [0.05, 0.1) is 0 Å². The average Bonchev–Trinajstić information content (AvgIpc) is 3.39. The van der Waals surface area contributed by atoms with Crippen molar-refractivity contribution in [2.75, 3.05) is 5.32 Å². The fourth-order valence-electron chi connectivity index (χ4n) is 3.80. The van der Waals surface area contributed by atoms with Crippen LogP contribution in [0.25, 0.3) is 22.1 Å². The molecule has 33 heavy (non-hydrogen) atoms. The molecular formula is C26H21N3O3S.